The van der Waals surface area contributed by atoms with E-state index in [0.29, 0.717) is 6.07 Å². The third kappa shape index (κ3) is 4.32. The van der Waals surface area contributed by atoms with Crippen LogP contribution in [0.15, 0.2) is 11.1 Å². The van der Waals surface area contributed by atoms with Gasteiger partial charge in [-0.25, -0.2) is 17.2 Å². The number of pyridine rings is 1. The lowest BCUT2D eigenvalue weighted by Crippen LogP contribution is -2.20. The second-order valence-electron chi connectivity index (χ2n) is 3.26. The fourth-order valence-electron chi connectivity index (χ4n) is 1.21. The third-order valence-electron chi connectivity index (χ3n) is 1.91. The van der Waals surface area contributed by atoms with Gasteiger partial charge in [0.15, 0.2) is 5.03 Å². The van der Waals surface area contributed by atoms with Crippen molar-refractivity contribution in [1.82, 2.24) is 4.98 Å². The molecule has 0 amide bonds. The van der Waals surface area contributed by atoms with Gasteiger partial charge in [-0.2, -0.15) is 4.98 Å². The summed E-state index contributed by atoms with van der Waals surface area (Å²) in [6.45, 7) is 0. The SMILES string of the molecule is O=S(=O)(Cl)c1cc(CCl)c(C(F)F)c(OC(F)(F)F)n1. The van der Waals surface area contributed by atoms with Crippen LogP contribution in [0.5, 0.6) is 5.88 Å². The first kappa shape index (κ1) is 17.2. The number of alkyl halides is 6. The van der Waals surface area contributed by atoms with Crippen molar-refractivity contribution in [2.45, 2.75) is 23.7 Å². The van der Waals surface area contributed by atoms with Crippen LogP contribution in [0, 0.1) is 0 Å². The van der Waals surface area contributed by atoms with Crippen molar-refractivity contribution in [3.05, 3.63) is 17.2 Å². The van der Waals surface area contributed by atoms with Crippen LogP contribution < -0.4 is 4.74 Å². The molecule has 0 aromatic carbocycles. The zero-order valence-corrected chi connectivity index (χ0v) is 11.4. The minimum absolute atomic E-state index is 0.556. The van der Waals surface area contributed by atoms with Crippen molar-refractivity contribution in [1.29, 1.82) is 0 Å². The van der Waals surface area contributed by atoms with Gasteiger partial charge in [0.2, 0.25) is 5.88 Å². The van der Waals surface area contributed by atoms with E-state index >= 15 is 0 Å². The van der Waals surface area contributed by atoms with Gasteiger partial charge in [-0.3, -0.25) is 0 Å². The van der Waals surface area contributed by atoms with Gasteiger partial charge in [0.1, 0.15) is 0 Å². The smallest absolute Gasteiger partial charge is 0.387 e. The summed E-state index contributed by atoms with van der Waals surface area (Å²) in [6.07, 6.45) is -8.74. The molecular weight excluding hydrogens is 356 g/mol. The van der Waals surface area contributed by atoms with Gasteiger partial charge in [0.05, 0.1) is 5.56 Å². The van der Waals surface area contributed by atoms with Crippen LogP contribution in [0.4, 0.5) is 22.0 Å². The number of rotatable bonds is 4. The van der Waals surface area contributed by atoms with E-state index in [9.17, 15) is 30.4 Å². The van der Waals surface area contributed by atoms with Gasteiger partial charge >= 0.3 is 6.36 Å². The summed E-state index contributed by atoms with van der Waals surface area (Å²) in [5, 5.41) is -1.07. The molecule has 0 saturated carbocycles. The van der Waals surface area contributed by atoms with Crippen molar-refractivity contribution in [2.24, 2.45) is 0 Å². The molecule has 4 nitrogen and oxygen atoms in total. The van der Waals surface area contributed by atoms with Gasteiger partial charge in [-0.15, -0.1) is 24.8 Å². The van der Waals surface area contributed by atoms with Crippen molar-refractivity contribution in [3.63, 3.8) is 0 Å². The number of nitrogens with zero attached hydrogens (tertiary/aromatic N) is 1. The molecule has 20 heavy (non-hydrogen) atoms. The van der Waals surface area contributed by atoms with E-state index < -0.39 is 49.8 Å². The summed E-state index contributed by atoms with van der Waals surface area (Å²) in [5.41, 5.74) is -1.84. The highest BCUT2D eigenvalue weighted by molar-refractivity contribution is 8.13. The van der Waals surface area contributed by atoms with Gasteiger partial charge in [-0.1, -0.05) is 0 Å². The number of halogens is 7. The summed E-state index contributed by atoms with van der Waals surface area (Å²) in [6, 6.07) is 0.556. The first-order valence-electron chi connectivity index (χ1n) is 4.54. The normalized spacial score (nSPS) is 12.8. The second-order valence-corrected chi connectivity index (χ2v) is 6.04. The Morgan fingerprint density at radius 2 is 1.90 bits per heavy atom. The molecule has 0 aliphatic carbocycles. The summed E-state index contributed by atoms with van der Waals surface area (Å²) in [5.74, 6) is -2.29. The molecule has 0 atom stereocenters. The number of hydrogen-bond acceptors (Lipinski definition) is 4. The lowest BCUT2D eigenvalue weighted by atomic mass is 10.1. The largest absolute Gasteiger partial charge is 0.574 e. The highest BCUT2D eigenvalue weighted by Crippen LogP contribution is 2.36. The maximum absolute atomic E-state index is 12.8. The monoisotopic (exact) mass is 359 g/mol. The molecule has 0 radical (unpaired) electrons. The molecule has 0 spiro atoms. The summed E-state index contributed by atoms with van der Waals surface area (Å²) >= 11 is 5.31. The Morgan fingerprint density at radius 1 is 1.35 bits per heavy atom. The van der Waals surface area contributed by atoms with Gasteiger partial charge in [0, 0.05) is 16.6 Å². The molecule has 1 aromatic heterocycles. The standard InChI is InChI=1S/C8H4Cl2F5NO3S/c9-2-3-1-4(20(10,17)18)16-7(5(3)6(11)12)19-8(13,14)15/h1,6H,2H2. The Morgan fingerprint density at radius 3 is 2.25 bits per heavy atom. The molecule has 0 aliphatic heterocycles. The van der Waals surface area contributed by atoms with E-state index in [-0.39, 0.29) is 0 Å². The molecular formula is C8H4Cl2F5NO3S. The maximum atomic E-state index is 12.8. The van der Waals surface area contributed by atoms with Gasteiger partial charge < -0.3 is 4.74 Å². The highest BCUT2D eigenvalue weighted by Gasteiger charge is 2.36. The lowest BCUT2D eigenvalue weighted by Gasteiger charge is -2.15. The molecule has 1 aromatic rings. The molecule has 0 unspecified atom stereocenters. The second kappa shape index (κ2) is 5.86. The van der Waals surface area contributed by atoms with E-state index in [1.807, 2.05) is 0 Å². The van der Waals surface area contributed by atoms with Gasteiger partial charge in [0.25, 0.3) is 15.5 Å². The van der Waals surface area contributed by atoms with E-state index in [0.717, 1.165) is 0 Å². The fourth-order valence-corrected chi connectivity index (χ4v) is 2.15. The molecule has 0 aliphatic rings. The summed E-state index contributed by atoms with van der Waals surface area (Å²) < 4.78 is 87.2. The molecule has 1 heterocycles. The number of ether oxygens (including phenoxy) is 1. The summed E-state index contributed by atoms with van der Waals surface area (Å²) in [7, 11) is 0.359. The molecule has 12 heteroatoms. The Hall–Kier alpha value is -0.870. The minimum Gasteiger partial charge on any atom is -0.387 e. The number of aromatic nitrogens is 1. The van der Waals surface area contributed by atoms with Crippen LogP contribution in [-0.4, -0.2) is 19.8 Å². The molecule has 0 fully saturated rings. The fraction of sp³-hybridized carbons (Fsp3) is 0.375. The van der Waals surface area contributed by atoms with Gasteiger partial charge in [-0.05, 0) is 11.6 Å². The molecule has 0 saturated heterocycles. The number of hydrogen-bond donors (Lipinski definition) is 0. The van der Waals surface area contributed by atoms with E-state index in [2.05, 4.69) is 9.72 Å². The topological polar surface area (TPSA) is 56.3 Å². The van der Waals surface area contributed by atoms with Crippen LogP contribution in [-0.2, 0) is 14.9 Å². The van der Waals surface area contributed by atoms with E-state index in [4.69, 9.17) is 22.3 Å². The van der Waals surface area contributed by atoms with E-state index in [1.165, 1.54) is 0 Å². The molecule has 1 rings (SSSR count). The van der Waals surface area contributed by atoms with Crippen LogP contribution in [0.3, 0.4) is 0 Å². The molecule has 114 valence electrons. The predicted octanol–water partition coefficient (Wildman–Crippen LogP) is 3.58. The van der Waals surface area contributed by atoms with Crippen LogP contribution in [0.2, 0.25) is 0 Å². The predicted molar refractivity (Wildman–Crippen MR) is 58.5 cm³/mol. The Bertz CT molecular complexity index is 605. The van der Waals surface area contributed by atoms with Crippen molar-refractivity contribution in [2.75, 3.05) is 0 Å². The van der Waals surface area contributed by atoms with Crippen molar-refractivity contribution in [3.8, 4) is 5.88 Å². The first-order valence-corrected chi connectivity index (χ1v) is 7.38. The Balaban J connectivity index is 3.58. The Labute approximate surface area is 118 Å². The zero-order valence-electron chi connectivity index (χ0n) is 9.09. The average Bonchev–Trinajstić information content (AvgIpc) is 2.23. The molecule has 0 bridgehead atoms. The van der Waals surface area contributed by atoms with E-state index in [1.54, 1.807) is 0 Å². The van der Waals surface area contributed by atoms with Crippen LogP contribution in [0.1, 0.15) is 17.6 Å². The Kier molecular flexibility index (Phi) is 5.03. The quantitative estimate of drug-likeness (QED) is 0.468. The highest BCUT2D eigenvalue weighted by atomic mass is 35.7. The lowest BCUT2D eigenvalue weighted by molar-refractivity contribution is -0.276. The minimum atomic E-state index is -5.34. The average molecular weight is 360 g/mol. The summed E-state index contributed by atoms with van der Waals surface area (Å²) in [4.78, 5) is 2.86. The first-order chi connectivity index (χ1) is 8.95. The zero-order chi connectivity index (χ0) is 15.7. The maximum Gasteiger partial charge on any atom is 0.574 e. The van der Waals surface area contributed by atoms with Crippen LogP contribution >= 0.6 is 22.3 Å². The molecule has 0 N–H and O–H groups in total. The van der Waals surface area contributed by atoms with Crippen LogP contribution in [0.25, 0.3) is 0 Å². The van der Waals surface area contributed by atoms with Crippen molar-refractivity contribution >= 4 is 31.3 Å². The third-order valence-corrected chi connectivity index (χ3v) is 3.38. The van der Waals surface area contributed by atoms with Crippen molar-refractivity contribution < 1.29 is 35.1 Å².